The van der Waals surface area contributed by atoms with Gasteiger partial charge in [-0.05, 0) is 45.4 Å². The fourth-order valence-corrected chi connectivity index (χ4v) is 7.26. The van der Waals surface area contributed by atoms with Crippen LogP contribution in [0.2, 0.25) is 0 Å². The quantitative estimate of drug-likeness (QED) is 0.258. The largest absolute Gasteiger partial charge is 0.396 e. The first-order valence-electron chi connectivity index (χ1n) is 14.4. The molecule has 2 bridgehead atoms. The summed E-state index contributed by atoms with van der Waals surface area (Å²) in [5.41, 5.74) is -1.86. The van der Waals surface area contributed by atoms with Crippen LogP contribution >= 0.6 is 0 Å². The van der Waals surface area contributed by atoms with E-state index >= 15 is 0 Å². The number of unbranched alkanes of at least 4 members (excludes halogenated alkanes) is 3. The third-order valence-electron chi connectivity index (χ3n) is 9.25. The molecule has 0 radical (unpaired) electrons. The molecule has 8 nitrogen and oxygen atoms in total. The van der Waals surface area contributed by atoms with E-state index in [1.807, 2.05) is 18.7 Å². The predicted octanol–water partition coefficient (Wildman–Crippen LogP) is 3.40. The first-order valence-corrected chi connectivity index (χ1v) is 14.4. The number of hydrogen-bond acceptors (Lipinski definition) is 5. The van der Waals surface area contributed by atoms with Crippen molar-refractivity contribution in [3.8, 4) is 0 Å². The molecule has 0 saturated carbocycles. The summed E-state index contributed by atoms with van der Waals surface area (Å²) in [4.78, 5) is 47.7. The smallest absolute Gasteiger partial charge is 0.248 e. The molecule has 3 fully saturated rings. The minimum atomic E-state index is -1.03. The Bertz CT molecular complexity index is 908. The van der Waals surface area contributed by atoms with Crippen LogP contribution in [0.4, 0.5) is 0 Å². The average molecular weight is 532 g/mol. The van der Waals surface area contributed by atoms with Gasteiger partial charge < -0.3 is 24.5 Å². The molecule has 0 aromatic carbocycles. The van der Waals surface area contributed by atoms with Crippen LogP contribution in [0.1, 0.15) is 72.6 Å². The van der Waals surface area contributed by atoms with Crippen molar-refractivity contribution in [3.05, 3.63) is 25.3 Å². The van der Waals surface area contributed by atoms with Gasteiger partial charge in [-0.1, -0.05) is 45.3 Å². The molecular weight excluding hydrogens is 482 g/mol. The zero-order chi connectivity index (χ0) is 28.3. The molecule has 3 aliphatic rings. The monoisotopic (exact) mass is 531 g/mol. The normalized spacial score (nSPS) is 32.3. The molecule has 3 heterocycles. The molecule has 3 aliphatic heterocycles. The van der Waals surface area contributed by atoms with Gasteiger partial charge >= 0.3 is 0 Å². The third kappa shape index (κ3) is 5.06. The van der Waals surface area contributed by atoms with Crippen LogP contribution in [-0.2, 0) is 19.1 Å². The van der Waals surface area contributed by atoms with E-state index in [1.165, 1.54) is 0 Å². The highest BCUT2D eigenvalue weighted by Gasteiger charge is 2.80. The maximum atomic E-state index is 14.5. The van der Waals surface area contributed by atoms with Gasteiger partial charge in [0.05, 0.1) is 17.4 Å². The number of rotatable bonds is 15. The minimum absolute atomic E-state index is 0.00905. The Labute approximate surface area is 229 Å². The molecule has 3 rings (SSSR count). The van der Waals surface area contributed by atoms with E-state index in [9.17, 15) is 14.4 Å². The zero-order valence-corrected chi connectivity index (χ0v) is 24.2. The van der Waals surface area contributed by atoms with Crippen molar-refractivity contribution in [1.29, 1.82) is 0 Å². The maximum absolute atomic E-state index is 14.5. The summed E-state index contributed by atoms with van der Waals surface area (Å²) in [5, 5.41) is 9.15. The number of aliphatic hydroxyl groups excluding tert-OH is 1. The first kappa shape index (κ1) is 30.4. The number of amides is 3. The third-order valence-corrected chi connectivity index (χ3v) is 9.25. The van der Waals surface area contributed by atoms with Gasteiger partial charge in [-0.2, -0.15) is 0 Å². The summed E-state index contributed by atoms with van der Waals surface area (Å²) >= 11 is 0. The van der Waals surface area contributed by atoms with E-state index in [4.69, 9.17) is 9.84 Å². The van der Waals surface area contributed by atoms with Crippen molar-refractivity contribution in [2.75, 3.05) is 33.3 Å². The van der Waals surface area contributed by atoms with Crippen LogP contribution in [0, 0.1) is 17.8 Å². The van der Waals surface area contributed by atoms with Gasteiger partial charge in [0.15, 0.2) is 0 Å². The minimum Gasteiger partial charge on any atom is -0.396 e. The van der Waals surface area contributed by atoms with Crippen molar-refractivity contribution < 1.29 is 24.2 Å². The Balaban J connectivity index is 2.06. The summed E-state index contributed by atoms with van der Waals surface area (Å²) in [6.45, 7) is 17.2. The van der Waals surface area contributed by atoms with E-state index in [0.717, 1.165) is 38.5 Å². The van der Waals surface area contributed by atoms with Crippen molar-refractivity contribution in [3.63, 3.8) is 0 Å². The lowest BCUT2D eigenvalue weighted by atomic mass is 9.62. The van der Waals surface area contributed by atoms with Crippen molar-refractivity contribution in [2.45, 2.75) is 95.9 Å². The lowest BCUT2D eigenvalue weighted by molar-refractivity contribution is -0.155. The first-order chi connectivity index (χ1) is 18.0. The van der Waals surface area contributed by atoms with Crippen LogP contribution in [-0.4, -0.2) is 94.1 Å². The number of carbonyl (C=O) groups excluding carboxylic acids is 3. The van der Waals surface area contributed by atoms with Gasteiger partial charge in [-0.3, -0.25) is 14.4 Å². The fraction of sp³-hybridized carbons (Fsp3) is 0.767. The molecule has 1 N–H and O–H groups in total. The van der Waals surface area contributed by atoms with Gasteiger partial charge in [-0.25, -0.2) is 0 Å². The molecule has 8 heteroatoms. The molecule has 4 unspecified atom stereocenters. The molecule has 0 aliphatic carbocycles. The predicted molar refractivity (Wildman–Crippen MR) is 148 cm³/mol. The number of ether oxygens (including phenoxy) is 1. The number of carbonyl (C=O) groups is 3. The zero-order valence-electron chi connectivity index (χ0n) is 24.2. The van der Waals surface area contributed by atoms with Gasteiger partial charge in [0.1, 0.15) is 11.6 Å². The van der Waals surface area contributed by atoms with Crippen molar-refractivity contribution in [2.24, 2.45) is 17.8 Å². The lowest BCUT2D eigenvalue weighted by Gasteiger charge is -2.39. The molecule has 3 amide bonds. The van der Waals surface area contributed by atoms with Crippen LogP contribution in [0.25, 0.3) is 0 Å². The Hall–Kier alpha value is -2.19. The summed E-state index contributed by atoms with van der Waals surface area (Å²) in [6, 6.07) is -0.783. The summed E-state index contributed by atoms with van der Waals surface area (Å²) in [7, 11) is 1.73. The van der Waals surface area contributed by atoms with Crippen LogP contribution < -0.4 is 0 Å². The maximum Gasteiger partial charge on any atom is 0.248 e. The second-order valence-corrected chi connectivity index (χ2v) is 11.8. The Morgan fingerprint density at radius 1 is 1.18 bits per heavy atom. The molecule has 1 spiro atoms. The average Bonchev–Trinajstić information content (AvgIpc) is 3.38. The second-order valence-electron chi connectivity index (χ2n) is 11.8. The number of nitrogens with zero attached hydrogens (tertiary/aromatic N) is 3. The SMILES string of the molecule is C=CCN(C)C(=O)[C@H]1[C@H]2C(=O)N(CCCCCCO)C(C(=O)N(CC=C)C(C)CCC)C23CC(C)[C@]1(C)O3. The highest BCUT2D eigenvalue weighted by Crippen LogP contribution is 2.65. The van der Waals surface area contributed by atoms with Gasteiger partial charge in [0.2, 0.25) is 17.7 Å². The number of fused-ring (bicyclic) bond motifs is 1. The molecule has 38 heavy (non-hydrogen) atoms. The van der Waals surface area contributed by atoms with Crippen molar-refractivity contribution in [1.82, 2.24) is 14.7 Å². The molecule has 7 atom stereocenters. The van der Waals surface area contributed by atoms with Gasteiger partial charge in [0, 0.05) is 39.3 Å². The Morgan fingerprint density at radius 3 is 2.45 bits per heavy atom. The lowest BCUT2D eigenvalue weighted by Crippen LogP contribution is -2.58. The fourth-order valence-electron chi connectivity index (χ4n) is 7.26. The molecule has 214 valence electrons. The number of aliphatic hydroxyl groups is 1. The van der Waals surface area contributed by atoms with E-state index in [2.05, 4.69) is 27.0 Å². The van der Waals surface area contributed by atoms with E-state index in [0.29, 0.717) is 26.1 Å². The Morgan fingerprint density at radius 2 is 1.84 bits per heavy atom. The van der Waals surface area contributed by atoms with Gasteiger partial charge in [-0.15, -0.1) is 13.2 Å². The number of likely N-dealkylation sites (N-methyl/N-ethyl adjacent to an activating group) is 1. The van der Waals surface area contributed by atoms with E-state index in [1.54, 1.807) is 29.0 Å². The number of likely N-dealkylation sites (tertiary alicyclic amines) is 1. The standard InChI is InChI=1S/C30H49N3O5/c1-8-15-22(5)32(17-10-3)28(37)25-30-20-21(4)29(6,38-30)23(26(35)31(7)16-9-2)24(30)27(36)33(25)18-13-11-12-14-19-34/h9-10,21-25,34H,2-3,8,11-20H2,1,4-7H3/t21?,22?,23-,24+,25?,29+,30?/m1/s1. The summed E-state index contributed by atoms with van der Waals surface area (Å²) in [5.74, 6) is -1.72. The molecule has 0 aromatic heterocycles. The van der Waals surface area contributed by atoms with E-state index in [-0.39, 0.29) is 36.3 Å². The number of hydrogen-bond donors (Lipinski definition) is 1. The van der Waals surface area contributed by atoms with E-state index < -0.39 is 29.1 Å². The molecule has 3 saturated heterocycles. The molecular formula is C30H49N3O5. The highest BCUT2D eigenvalue weighted by atomic mass is 16.5. The van der Waals surface area contributed by atoms with Crippen molar-refractivity contribution >= 4 is 17.7 Å². The van der Waals surface area contributed by atoms with Crippen LogP contribution in [0.5, 0.6) is 0 Å². The summed E-state index contributed by atoms with van der Waals surface area (Å²) < 4.78 is 6.85. The highest BCUT2D eigenvalue weighted by molar-refractivity contribution is 5.99. The van der Waals surface area contributed by atoms with Crippen LogP contribution in [0.15, 0.2) is 25.3 Å². The molecule has 0 aromatic rings. The van der Waals surface area contributed by atoms with Gasteiger partial charge in [0.25, 0.3) is 0 Å². The second kappa shape index (κ2) is 12.3. The Kier molecular flexibility index (Phi) is 9.85. The van der Waals surface area contributed by atoms with Crippen LogP contribution in [0.3, 0.4) is 0 Å². The topological polar surface area (TPSA) is 90.4 Å². The summed E-state index contributed by atoms with van der Waals surface area (Å²) in [6.07, 6.45) is 8.93.